The maximum absolute atomic E-state index is 12.8. The molecule has 1 fully saturated rings. The standard InChI is InChI=1S/C30H37N3O3/c1-6-20(4)27-26(35-17-22-11-8-7-9-12-22)16-15-24(21(5)34)29(27)33-28(23-13-10-14-23)25-18-36-30(32-25)31-19(2)3/h7-9,11-12,15-16,18-20,33H,6,10,13-14,17H2,1-5H3,(H,31,32). The van der Waals surface area contributed by atoms with Crippen molar-refractivity contribution >= 4 is 23.2 Å². The number of benzene rings is 2. The Kier molecular flexibility index (Phi) is 8.14. The van der Waals surface area contributed by atoms with Crippen LogP contribution in [0.4, 0.5) is 11.7 Å². The zero-order chi connectivity index (χ0) is 25.7. The molecule has 0 aliphatic heterocycles. The van der Waals surface area contributed by atoms with Gasteiger partial charge in [0.1, 0.15) is 24.3 Å². The molecule has 0 bridgehead atoms. The van der Waals surface area contributed by atoms with E-state index in [1.54, 1.807) is 13.2 Å². The highest BCUT2D eigenvalue weighted by Crippen LogP contribution is 2.42. The molecule has 1 aromatic heterocycles. The highest BCUT2D eigenvalue weighted by Gasteiger charge is 2.25. The number of ether oxygens (including phenoxy) is 1. The third-order valence-electron chi connectivity index (χ3n) is 6.66. The maximum Gasteiger partial charge on any atom is 0.295 e. The number of anilines is 2. The first-order valence-corrected chi connectivity index (χ1v) is 12.9. The molecular weight excluding hydrogens is 450 g/mol. The molecule has 1 saturated carbocycles. The molecule has 1 unspecified atom stereocenters. The minimum absolute atomic E-state index is 0.0111. The van der Waals surface area contributed by atoms with Crippen LogP contribution in [0.5, 0.6) is 5.75 Å². The van der Waals surface area contributed by atoms with Crippen molar-refractivity contribution in [3.8, 4) is 5.75 Å². The fraction of sp³-hybridized carbons (Fsp3) is 0.400. The van der Waals surface area contributed by atoms with Gasteiger partial charge in [0.2, 0.25) is 0 Å². The SMILES string of the molecule is CCC(C)c1c(OCc2ccccc2)ccc(C(C)=O)c1NC(=C1CCC1)c1coc(NC(C)C)n1. The fourth-order valence-electron chi connectivity index (χ4n) is 4.35. The van der Waals surface area contributed by atoms with Crippen molar-refractivity contribution in [2.75, 3.05) is 10.6 Å². The van der Waals surface area contributed by atoms with Crippen LogP contribution < -0.4 is 15.4 Å². The van der Waals surface area contributed by atoms with Gasteiger partial charge in [0.15, 0.2) is 5.78 Å². The maximum atomic E-state index is 12.8. The zero-order valence-electron chi connectivity index (χ0n) is 22.0. The van der Waals surface area contributed by atoms with Crippen molar-refractivity contribution in [3.63, 3.8) is 0 Å². The summed E-state index contributed by atoms with van der Waals surface area (Å²) in [5.74, 6) is 0.985. The second kappa shape index (κ2) is 11.5. The Morgan fingerprint density at radius 2 is 1.86 bits per heavy atom. The van der Waals surface area contributed by atoms with E-state index in [-0.39, 0.29) is 17.7 Å². The summed E-state index contributed by atoms with van der Waals surface area (Å²) < 4.78 is 12.1. The van der Waals surface area contributed by atoms with Crippen LogP contribution in [0.1, 0.15) is 93.4 Å². The third kappa shape index (κ3) is 5.81. The average molecular weight is 488 g/mol. The molecule has 190 valence electrons. The molecule has 6 heteroatoms. The topological polar surface area (TPSA) is 76.4 Å². The first kappa shape index (κ1) is 25.5. The van der Waals surface area contributed by atoms with Gasteiger partial charge in [-0.05, 0) is 75.6 Å². The van der Waals surface area contributed by atoms with E-state index >= 15 is 0 Å². The summed E-state index contributed by atoms with van der Waals surface area (Å²) in [6.07, 6.45) is 5.74. The number of nitrogens with one attached hydrogen (secondary N) is 2. The number of rotatable bonds is 11. The number of carbonyl (C=O) groups excluding carboxylic acids is 1. The summed E-state index contributed by atoms with van der Waals surface area (Å²) >= 11 is 0. The lowest BCUT2D eigenvalue weighted by atomic mass is 9.88. The molecule has 2 N–H and O–H groups in total. The monoisotopic (exact) mass is 487 g/mol. The van der Waals surface area contributed by atoms with Crippen LogP contribution in [0.15, 0.2) is 58.7 Å². The second-order valence-corrected chi connectivity index (χ2v) is 9.83. The van der Waals surface area contributed by atoms with Crippen molar-refractivity contribution in [1.29, 1.82) is 0 Å². The van der Waals surface area contributed by atoms with Crippen LogP contribution in [0.3, 0.4) is 0 Å². The van der Waals surface area contributed by atoms with Gasteiger partial charge in [-0.3, -0.25) is 4.79 Å². The molecule has 1 heterocycles. The molecule has 6 nitrogen and oxygen atoms in total. The molecule has 1 aliphatic rings. The number of hydrogen-bond acceptors (Lipinski definition) is 6. The highest BCUT2D eigenvalue weighted by atomic mass is 16.5. The highest BCUT2D eigenvalue weighted by molar-refractivity contribution is 6.02. The summed E-state index contributed by atoms with van der Waals surface area (Å²) in [4.78, 5) is 17.5. The van der Waals surface area contributed by atoms with E-state index in [1.165, 1.54) is 5.57 Å². The number of aromatic nitrogens is 1. The zero-order valence-corrected chi connectivity index (χ0v) is 22.0. The van der Waals surface area contributed by atoms with E-state index in [4.69, 9.17) is 14.1 Å². The Hall–Kier alpha value is -3.54. The van der Waals surface area contributed by atoms with Gasteiger partial charge in [0.25, 0.3) is 6.01 Å². The van der Waals surface area contributed by atoms with Gasteiger partial charge in [-0.1, -0.05) is 44.2 Å². The molecule has 0 saturated heterocycles. The number of allylic oxidation sites excluding steroid dienone is 1. The molecule has 0 spiro atoms. The van der Waals surface area contributed by atoms with Gasteiger partial charge in [-0.2, -0.15) is 4.98 Å². The first-order chi connectivity index (χ1) is 17.4. The Labute approximate surface area is 214 Å². The normalized spacial score (nSPS) is 13.8. The number of Topliss-reactive ketones (excluding diaryl/α,β-unsaturated/α-hetero) is 1. The summed E-state index contributed by atoms with van der Waals surface area (Å²) in [5, 5.41) is 6.89. The summed E-state index contributed by atoms with van der Waals surface area (Å²) in [5.41, 5.74) is 6.53. The number of oxazole rings is 1. The minimum atomic E-state index is 0.0111. The summed E-state index contributed by atoms with van der Waals surface area (Å²) in [6.45, 7) is 10.5. The van der Waals surface area contributed by atoms with Crippen molar-refractivity contribution in [2.24, 2.45) is 0 Å². The number of ketones is 1. The number of nitrogens with zero attached hydrogens (tertiary/aromatic N) is 1. The van der Waals surface area contributed by atoms with Crippen molar-refractivity contribution in [3.05, 3.63) is 76.7 Å². The lowest BCUT2D eigenvalue weighted by molar-refractivity contribution is 0.101. The fourth-order valence-corrected chi connectivity index (χ4v) is 4.35. The lowest BCUT2D eigenvalue weighted by Gasteiger charge is -2.27. The van der Waals surface area contributed by atoms with Crippen LogP contribution in [0.2, 0.25) is 0 Å². The average Bonchev–Trinajstić information content (AvgIpc) is 3.28. The first-order valence-electron chi connectivity index (χ1n) is 12.9. The van der Waals surface area contributed by atoms with Crippen LogP contribution in [-0.4, -0.2) is 16.8 Å². The Morgan fingerprint density at radius 1 is 1.11 bits per heavy atom. The summed E-state index contributed by atoms with van der Waals surface area (Å²) in [6, 6.07) is 14.6. The smallest absolute Gasteiger partial charge is 0.295 e. The van der Waals surface area contributed by atoms with Gasteiger partial charge in [-0.25, -0.2) is 0 Å². The second-order valence-electron chi connectivity index (χ2n) is 9.83. The van der Waals surface area contributed by atoms with Crippen LogP contribution in [0.25, 0.3) is 5.70 Å². The Balaban J connectivity index is 1.76. The molecule has 2 aromatic carbocycles. The predicted molar refractivity (Wildman–Crippen MR) is 146 cm³/mol. The van der Waals surface area contributed by atoms with E-state index in [2.05, 4.69) is 36.6 Å². The van der Waals surface area contributed by atoms with E-state index in [0.29, 0.717) is 18.2 Å². The van der Waals surface area contributed by atoms with Gasteiger partial charge in [0.05, 0.1) is 11.4 Å². The largest absolute Gasteiger partial charge is 0.489 e. The van der Waals surface area contributed by atoms with Crippen molar-refractivity contribution in [2.45, 2.75) is 78.9 Å². The van der Waals surface area contributed by atoms with E-state index < -0.39 is 0 Å². The van der Waals surface area contributed by atoms with E-state index in [0.717, 1.165) is 59.6 Å². The Bertz CT molecular complexity index is 1220. The molecule has 0 amide bonds. The van der Waals surface area contributed by atoms with Crippen LogP contribution >= 0.6 is 0 Å². The third-order valence-corrected chi connectivity index (χ3v) is 6.66. The van der Waals surface area contributed by atoms with Gasteiger partial charge in [0, 0.05) is 17.2 Å². The number of hydrogen-bond donors (Lipinski definition) is 2. The van der Waals surface area contributed by atoms with E-state index in [1.807, 2.05) is 44.2 Å². The molecule has 1 aliphatic carbocycles. The van der Waals surface area contributed by atoms with Gasteiger partial charge in [-0.15, -0.1) is 0 Å². The van der Waals surface area contributed by atoms with Crippen molar-refractivity contribution < 1.29 is 13.9 Å². The molecule has 4 rings (SSSR count). The van der Waals surface area contributed by atoms with Crippen LogP contribution in [-0.2, 0) is 6.61 Å². The lowest BCUT2D eigenvalue weighted by Crippen LogP contribution is -2.15. The number of carbonyl (C=O) groups is 1. The van der Waals surface area contributed by atoms with E-state index in [9.17, 15) is 4.79 Å². The van der Waals surface area contributed by atoms with Crippen molar-refractivity contribution in [1.82, 2.24) is 4.98 Å². The van der Waals surface area contributed by atoms with Gasteiger partial charge < -0.3 is 19.8 Å². The summed E-state index contributed by atoms with van der Waals surface area (Å²) in [7, 11) is 0. The van der Waals surface area contributed by atoms with Crippen LogP contribution in [0, 0.1) is 0 Å². The predicted octanol–water partition coefficient (Wildman–Crippen LogP) is 7.80. The molecular formula is C30H37N3O3. The molecule has 3 aromatic rings. The quantitative estimate of drug-likeness (QED) is 0.269. The minimum Gasteiger partial charge on any atom is -0.489 e. The van der Waals surface area contributed by atoms with Gasteiger partial charge >= 0.3 is 0 Å². The molecule has 36 heavy (non-hydrogen) atoms. The molecule has 0 radical (unpaired) electrons. The molecule has 1 atom stereocenters. The Morgan fingerprint density at radius 3 is 2.47 bits per heavy atom.